The third kappa shape index (κ3) is 3.53. The zero-order valence-electron chi connectivity index (χ0n) is 15.0. The Balaban J connectivity index is 2.16. The van der Waals surface area contributed by atoms with E-state index in [1.165, 1.54) is 5.56 Å². The Bertz CT molecular complexity index is 851. The Morgan fingerprint density at radius 3 is 2.52 bits per heavy atom. The summed E-state index contributed by atoms with van der Waals surface area (Å²) in [7, 11) is 1.65. The SMILES string of the molecule is CCCCc1c(O)nn(-c2ccc(OC)cc2)c1-c1cccc(C)c1. The third-order valence-electron chi connectivity index (χ3n) is 4.35. The molecule has 4 heteroatoms. The van der Waals surface area contributed by atoms with Crippen LogP contribution in [0.15, 0.2) is 48.5 Å². The van der Waals surface area contributed by atoms with Crippen LogP contribution in [0.25, 0.3) is 16.9 Å². The largest absolute Gasteiger partial charge is 0.497 e. The molecule has 0 fully saturated rings. The maximum atomic E-state index is 10.5. The topological polar surface area (TPSA) is 47.3 Å². The molecule has 0 saturated heterocycles. The number of unbranched alkanes of at least 4 members (excludes halogenated alkanes) is 1. The van der Waals surface area contributed by atoms with E-state index in [1.807, 2.05) is 35.0 Å². The van der Waals surface area contributed by atoms with E-state index >= 15 is 0 Å². The summed E-state index contributed by atoms with van der Waals surface area (Å²) in [4.78, 5) is 0. The third-order valence-corrected chi connectivity index (χ3v) is 4.35. The highest BCUT2D eigenvalue weighted by Crippen LogP contribution is 2.34. The Labute approximate surface area is 148 Å². The molecule has 0 radical (unpaired) electrons. The molecule has 4 nitrogen and oxygen atoms in total. The summed E-state index contributed by atoms with van der Waals surface area (Å²) in [6, 6.07) is 16.0. The number of nitrogens with zero attached hydrogens (tertiary/aromatic N) is 2. The van der Waals surface area contributed by atoms with E-state index in [2.05, 4.69) is 37.1 Å². The van der Waals surface area contributed by atoms with Crippen LogP contribution in [0.2, 0.25) is 0 Å². The summed E-state index contributed by atoms with van der Waals surface area (Å²) >= 11 is 0. The van der Waals surface area contributed by atoms with Gasteiger partial charge in [0.05, 0.1) is 18.5 Å². The molecule has 3 aromatic rings. The van der Waals surface area contributed by atoms with E-state index in [-0.39, 0.29) is 5.88 Å². The number of benzene rings is 2. The minimum absolute atomic E-state index is 0.112. The first-order valence-electron chi connectivity index (χ1n) is 8.66. The molecule has 0 spiro atoms. The molecule has 3 rings (SSSR count). The van der Waals surface area contributed by atoms with Gasteiger partial charge in [-0.2, -0.15) is 0 Å². The van der Waals surface area contributed by atoms with Gasteiger partial charge in [0.15, 0.2) is 0 Å². The average molecular weight is 336 g/mol. The molecule has 0 aliphatic carbocycles. The quantitative estimate of drug-likeness (QED) is 0.696. The van der Waals surface area contributed by atoms with Gasteiger partial charge in [-0.25, -0.2) is 4.68 Å². The molecular formula is C21H24N2O2. The number of aryl methyl sites for hydroxylation is 1. The first kappa shape index (κ1) is 17.1. The van der Waals surface area contributed by atoms with E-state index in [0.717, 1.165) is 47.5 Å². The number of rotatable bonds is 6. The van der Waals surface area contributed by atoms with E-state index in [1.54, 1.807) is 7.11 Å². The first-order chi connectivity index (χ1) is 12.1. The van der Waals surface area contributed by atoms with E-state index in [0.29, 0.717) is 0 Å². The van der Waals surface area contributed by atoms with Crippen LogP contribution in [0, 0.1) is 6.92 Å². The molecule has 0 aliphatic heterocycles. The van der Waals surface area contributed by atoms with Gasteiger partial charge >= 0.3 is 0 Å². The molecule has 1 aromatic heterocycles. The highest BCUT2D eigenvalue weighted by molar-refractivity contribution is 5.69. The van der Waals surface area contributed by atoms with E-state index in [4.69, 9.17) is 4.74 Å². The number of hydrogen-bond donors (Lipinski definition) is 1. The molecule has 2 aromatic carbocycles. The van der Waals surface area contributed by atoms with Gasteiger partial charge in [0.1, 0.15) is 5.75 Å². The minimum Gasteiger partial charge on any atom is -0.497 e. The van der Waals surface area contributed by atoms with Gasteiger partial charge in [-0.1, -0.05) is 37.1 Å². The average Bonchev–Trinajstić information content (AvgIpc) is 2.96. The first-order valence-corrected chi connectivity index (χ1v) is 8.66. The zero-order chi connectivity index (χ0) is 17.8. The molecule has 0 saturated carbocycles. The maximum absolute atomic E-state index is 10.5. The Morgan fingerprint density at radius 1 is 1.12 bits per heavy atom. The van der Waals surface area contributed by atoms with Crippen LogP contribution in [-0.2, 0) is 6.42 Å². The summed E-state index contributed by atoms with van der Waals surface area (Å²) in [5, 5.41) is 14.9. The van der Waals surface area contributed by atoms with Crippen LogP contribution in [0.5, 0.6) is 11.6 Å². The number of ether oxygens (including phenoxy) is 1. The lowest BCUT2D eigenvalue weighted by Gasteiger charge is -2.11. The van der Waals surface area contributed by atoms with Gasteiger partial charge in [-0.3, -0.25) is 0 Å². The molecule has 1 heterocycles. The fourth-order valence-electron chi connectivity index (χ4n) is 3.02. The Morgan fingerprint density at radius 2 is 1.88 bits per heavy atom. The van der Waals surface area contributed by atoms with Gasteiger partial charge in [-0.15, -0.1) is 5.10 Å². The molecule has 0 unspecified atom stereocenters. The smallest absolute Gasteiger partial charge is 0.234 e. The second-order valence-corrected chi connectivity index (χ2v) is 6.23. The van der Waals surface area contributed by atoms with Gasteiger partial charge in [-0.05, 0) is 50.1 Å². The molecule has 25 heavy (non-hydrogen) atoms. The van der Waals surface area contributed by atoms with Gasteiger partial charge < -0.3 is 9.84 Å². The number of methoxy groups -OCH3 is 1. The summed E-state index contributed by atoms with van der Waals surface area (Å²) in [5.74, 6) is 0.907. The van der Waals surface area contributed by atoms with Crippen molar-refractivity contribution in [3.05, 3.63) is 59.7 Å². The number of aromatic nitrogens is 2. The second kappa shape index (κ2) is 7.43. The van der Waals surface area contributed by atoms with Crippen molar-refractivity contribution in [3.63, 3.8) is 0 Å². The van der Waals surface area contributed by atoms with E-state index < -0.39 is 0 Å². The van der Waals surface area contributed by atoms with Crippen molar-refractivity contribution in [1.82, 2.24) is 9.78 Å². The highest BCUT2D eigenvalue weighted by Gasteiger charge is 2.19. The molecule has 130 valence electrons. The Kier molecular flexibility index (Phi) is 5.08. The predicted molar refractivity (Wildman–Crippen MR) is 101 cm³/mol. The minimum atomic E-state index is 0.112. The maximum Gasteiger partial charge on any atom is 0.234 e. The van der Waals surface area contributed by atoms with Crippen molar-refractivity contribution in [2.45, 2.75) is 33.1 Å². The van der Waals surface area contributed by atoms with Crippen LogP contribution in [0.1, 0.15) is 30.9 Å². The van der Waals surface area contributed by atoms with Crippen molar-refractivity contribution in [3.8, 4) is 28.6 Å². The number of hydrogen-bond acceptors (Lipinski definition) is 3. The molecular weight excluding hydrogens is 312 g/mol. The van der Waals surface area contributed by atoms with Crippen molar-refractivity contribution < 1.29 is 9.84 Å². The Hall–Kier alpha value is -2.75. The normalized spacial score (nSPS) is 10.8. The van der Waals surface area contributed by atoms with Crippen LogP contribution >= 0.6 is 0 Å². The molecule has 0 bridgehead atoms. The summed E-state index contributed by atoms with van der Waals surface area (Å²) < 4.78 is 7.07. The number of aromatic hydroxyl groups is 1. The standard InChI is InChI=1S/C21H24N2O2/c1-4-5-9-19-20(16-8-6-7-15(2)14-16)23(22-21(19)24)17-10-12-18(25-3)13-11-17/h6-8,10-14H,4-5,9H2,1-3H3,(H,22,24). The lowest BCUT2D eigenvalue weighted by atomic mass is 10.0. The molecule has 0 aliphatic rings. The van der Waals surface area contributed by atoms with Crippen molar-refractivity contribution in [1.29, 1.82) is 0 Å². The zero-order valence-corrected chi connectivity index (χ0v) is 15.0. The van der Waals surface area contributed by atoms with Crippen LogP contribution in [-0.4, -0.2) is 22.0 Å². The van der Waals surface area contributed by atoms with Gasteiger partial charge in [0.2, 0.25) is 5.88 Å². The monoisotopic (exact) mass is 336 g/mol. The molecule has 0 atom stereocenters. The van der Waals surface area contributed by atoms with Crippen LogP contribution in [0.3, 0.4) is 0 Å². The summed E-state index contributed by atoms with van der Waals surface area (Å²) in [5.41, 5.74) is 5.01. The second-order valence-electron chi connectivity index (χ2n) is 6.23. The lowest BCUT2D eigenvalue weighted by Crippen LogP contribution is -2.00. The fraction of sp³-hybridized carbons (Fsp3) is 0.286. The van der Waals surface area contributed by atoms with E-state index in [9.17, 15) is 5.11 Å². The lowest BCUT2D eigenvalue weighted by molar-refractivity contribution is 0.414. The summed E-state index contributed by atoms with van der Waals surface area (Å²) in [6.45, 7) is 4.22. The van der Waals surface area contributed by atoms with Crippen molar-refractivity contribution >= 4 is 0 Å². The molecule has 0 amide bonds. The van der Waals surface area contributed by atoms with Crippen molar-refractivity contribution in [2.75, 3.05) is 7.11 Å². The fourth-order valence-corrected chi connectivity index (χ4v) is 3.02. The van der Waals surface area contributed by atoms with Crippen LogP contribution < -0.4 is 4.74 Å². The van der Waals surface area contributed by atoms with Crippen molar-refractivity contribution in [2.24, 2.45) is 0 Å². The van der Waals surface area contributed by atoms with Gasteiger partial charge in [0.25, 0.3) is 0 Å². The summed E-state index contributed by atoms with van der Waals surface area (Å²) in [6.07, 6.45) is 2.89. The van der Waals surface area contributed by atoms with Crippen LogP contribution in [0.4, 0.5) is 0 Å². The predicted octanol–water partition coefficient (Wildman–Crippen LogP) is 4.90. The van der Waals surface area contributed by atoms with Gasteiger partial charge in [0, 0.05) is 11.1 Å². The highest BCUT2D eigenvalue weighted by atomic mass is 16.5. The molecule has 1 N–H and O–H groups in total.